The summed E-state index contributed by atoms with van der Waals surface area (Å²) >= 11 is 0. The molecule has 0 heterocycles. The quantitative estimate of drug-likeness (QED) is 0.859. The zero-order chi connectivity index (χ0) is 14.5. The summed E-state index contributed by atoms with van der Waals surface area (Å²) in [5.41, 5.74) is 7.41. The molecule has 19 heavy (non-hydrogen) atoms. The second-order valence-corrected chi connectivity index (χ2v) is 5.63. The Morgan fingerprint density at radius 1 is 1.37 bits per heavy atom. The maximum absolute atomic E-state index is 12.1. The molecule has 1 aromatic carbocycles. The molecule has 4 heteroatoms. The van der Waals surface area contributed by atoms with Crippen molar-refractivity contribution in [2.45, 2.75) is 40.3 Å². The topological polar surface area (TPSA) is 64.3 Å². The van der Waals surface area contributed by atoms with E-state index in [0.717, 1.165) is 11.3 Å². The fourth-order valence-electron chi connectivity index (χ4n) is 1.58. The summed E-state index contributed by atoms with van der Waals surface area (Å²) in [7, 11) is 0. The lowest BCUT2D eigenvalue weighted by Gasteiger charge is -2.26. The molecule has 1 amide bonds. The van der Waals surface area contributed by atoms with Crippen molar-refractivity contribution >= 4 is 11.6 Å². The fraction of sp³-hybridized carbons (Fsp3) is 0.533. The third kappa shape index (κ3) is 4.65. The van der Waals surface area contributed by atoms with Crippen LogP contribution in [0.1, 0.15) is 33.3 Å². The number of carbonyl (C=O) groups excluding carboxylic acids is 1. The Bertz CT molecular complexity index is 424. The van der Waals surface area contributed by atoms with Crippen molar-refractivity contribution in [2.75, 3.05) is 11.9 Å². The summed E-state index contributed by atoms with van der Waals surface area (Å²) in [5, 5.41) is 2.88. The molecule has 3 N–H and O–H groups in total. The predicted molar refractivity (Wildman–Crippen MR) is 77.8 cm³/mol. The van der Waals surface area contributed by atoms with E-state index in [1.54, 1.807) is 0 Å². The number of hydrogen-bond donors (Lipinski definition) is 2. The number of nitrogens with one attached hydrogen (secondary N) is 1. The first-order valence-corrected chi connectivity index (χ1v) is 6.58. The van der Waals surface area contributed by atoms with Crippen LogP contribution in [-0.2, 0) is 16.1 Å². The van der Waals surface area contributed by atoms with Gasteiger partial charge in [0.1, 0.15) is 0 Å². The summed E-state index contributed by atoms with van der Waals surface area (Å²) in [6.07, 6.45) is 0. The van der Waals surface area contributed by atoms with E-state index in [0.29, 0.717) is 13.2 Å². The lowest BCUT2D eigenvalue weighted by atomic mass is 9.87. The molecule has 0 unspecified atom stereocenters. The smallest absolute Gasteiger partial charge is 0.241 e. The fourth-order valence-corrected chi connectivity index (χ4v) is 1.58. The van der Waals surface area contributed by atoms with Gasteiger partial charge in [0.05, 0.1) is 12.6 Å². The molecule has 1 aromatic rings. The zero-order valence-corrected chi connectivity index (χ0v) is 12.2. The maximum atomic E-state index is 12.1. The van der Waals surface area contributed by atoms with Gasteiger partial charge in [0, 0.05) is 17.9 Å². The third-order valence-corrected chi connectivity index (χ3v) is 2.95. The van der Waals surface area contributed by atoms with Crippen molar-refractivity contribution < 1.29 is 9.53 Å². The van der Waals surface area contributed by atoms with Crippen molar-refractivity contribution in [3.05, 3.63) is 29.8 Å². The van der Waals surface area contributed by atoms with Gasteiger partial charge in [0.2, 0.25) is 5.91 Å². The van der Waals surface area contributed by atoms with Gasteiger partial charge in [-0.1, -0.05) is 39.0 Å². The SMILES string of the molecule is CCOCc1ccccc1NC(=O)[C@H](N)C(C)(C)C. The average molecular weight is 264 g/mol. The number of rotatable bonds is 5. The minimum absolute atomic E-state index is 0.170. The Labute approximate surface area is 115 Å². The number of anilines is 1. The van der Waals surface area contributed by atoms with Crippen molar-refractivity contribution in [1.29, 1.82) is 0 Å². The lowest BCUT2D eigenvalue weighted by Crippen LogP contribution is -2.45. The van der Waals surface area contributed by atoms with Gasteiger partial charge >= 0.3 is 0 Å². The van der Waals surface area contributed by atoms with Crippen molar-refractivity contribution in [1.82, 2.24) is 0 Å². The molecule has 0 radical (unpaired) electrons. The Kier molecular flexibility index (Phi) is 5.51. The molecule has 0 aromatic heterocycles. The molecule has 0 saturated heterocycles. The molecule has 1 atom stereocenters. The second-order valence-electron chi connectivity index (χ2n) is 5.63. The van der Waals surface area contributed by atoms with E-state index in [-0.39, 0.29) is 11.3 Å². The molecule has 0 aliphatic carbocycles. The van der Waals surface area contributed by atoms with Gasteiger partial charge in [-0.3, -0.25) is 4.79 Å². The molecule has 0 bridgehead atoms. The van der Waals surface area contributed by atoms with Crippen LogP contribution >= 0.6 is 0 Å². The number of ether oxygens (including phenoxy) is 1. The number of carbonyl (C=O) groups is 1. The Hall–Kier alpha value is -1.39. The summed E-state index contributed by atoms with van der Waals surface area (Å²) in [4.78, 5) is 12.1. The minimum atomic E-state index is -0.548. The van der Waals surface area contributed by atoms with Gasteiger partial charge in [-0.05, 0) is 18.4 Å². The molecule has 4 nitrogen and oxygen atoms in total. The normalized spacial score (nSPS) is 13.1. The minimum Gasteiger partial charge on any atom is -0.377 e. The number of hydrogen-bond acceptors (Lipinski definition) is 3. The van der Waals surface area contributed by atoms with Gasteiger partial charge in [-0.25, -0.2) is 0 Å². The number of para-hydroxylation sites is 1. The molecule has 0 aliphatic rings. The van der Waals surface area contributed by atoms with Crippen LogP contribution in [0, 0.1) is 5.41 Å². The highest BCUT2D eigenvalue weighted by atomic mass is 16.5. The molecule has 1 rings (SSSR count). The summed E-state index contributed by atoms with van der Waals surface area (Å²) in [6.45, 7) is 8.91. The Morgan fingerprint density at radius 3 is 2.58 bits per heavy atom. The van der Waals surface area contributed by atoms with Crippen LogP contribution in [0.3, 0.4) is 0 Å². The van der Waals surface area contributed by atoms with Crippen LogP contribution in [0.15, 0.2) is 24.3 Å². The lowest BCUT2D eigenvalue weighted by molar-refractivity contribution is -0.119. The van der Waals surface area contributed by atoms with Crippen LogP contribution in [0.5, 0.6) is 0 Å². The van der Waals surface area contributed by atoms with Crippen molar-refractivity contribution in [2.24, 2.45) is 11.1 Å². The standard InChI is InChI=1S/C15H24N2O2/c1-5-19-10-11-8-6-7-9-12(11)17-14(18)13(16)15(2,3)4/h6-9,13H,5,10,16H2,1-4H3,(H,17,18)/t13-/m0/s1. The first-order valence-electron chi connectivity index (χ1n) is 6.58. The monoisotopic (exact) mass is 264 g/mol. The molecule has 0 saturated carbocycles. The first kappa shape index (κ1) is 15.7. The molecule has 0 aliphatic heterocycles. The van der Waals surface area contributed by atoms with Crippen molar-refractivity contribution in [3.63, 3.8) is 0 Å². The number of benzene rings is 1. The van der Waals surface area contributed by atoms with E-state index in [1.165, 1.54) is 0 Å². The van der Waals surface area contributed by atoms with Gasteiger partial charge in [0.25, 0.3) is 0 Å². The van der Waals surface area contributed by atoms with Gasteiger partial charge in [-0.2, -0.15) is 0 Å². The largest absolute Gasteiger partial charge is 0.377 e. The van der Waals surface area contributed by atoms with Crippen LogP contribution in [0.2, 0.25) is 0 Å². The van der Waals surface area contributed by atoms with Gasteiger partial charge < -0.3 is 15.8 Å². The highest BCUT2D eigenvalue weighted by molar-refractivity contribution is 5.95. The summed E-state index contributed by atoms with van der Waals surface area (Å²) in [6, 6.07) is 7.06. The highest BCUT2D eigenvalue weighted by Gasteiger charge is 2.27. The van der Waals surface area contributed by atoms with E-state index in [1.807, 2.05) is 52.0 Å². The van der Waals surface area contributed by atoms with E-state index >= 15 is 0 Å². The predicted octanol–water partition coefficient (Wildman–Crippen LogP) is 2.54. The van der Waals surface area contributed by atoms with E-state index < -0.39 is 6.04 Å². The van der Waals surface area contributed by atoms with Crippen LogP contribution in [0.4, 0.5) is 5.69 Å². The third-order valence-electron chi connectivity index (χ3n) is 2.95. The van der Waals surface area contributed by atoms with Crippen LogP contribution in [-0.4, -0.2) is 18.6 Å². The molecule has 0 fully saturated rings. The molecule has 0 spiro atoms. The van der Waals surface area contributed by atoms with Gasteiger partial charge in [0.15, 0.2) is 0 Å². The number of nitrogens with two attached hydrogens (primary N) is 1. The van der Waals surface area contributed by atoms with E-state index in [2.05, 4.69) is 5.32 Å². The summed E-state index contributed by atoms with van der Waals surface area (Å²) in [5.74, 6) is -0.170. The highest BCUT2D eigenvalue weighted by Crippen LogP contribution is 2.21. The maximum Gasteiger partial charge on any atom is 0.241 e. The van der Waals surface area contributed by atoms with Crippen LogP contribution in [0.25, 0.3) is 0 Å². The van der Waals surface area contributed by atoms with Crippen LogP contribution < -0.4 is 11.1 Å². The van der Waals surface area contributed by atoms with E-state index in [9.17, 15) is 4.79 Å². The Balaban J connectivity index is 2.79. The summed E-state index contributed by atoms with van der Waals surface area (Å²) < 4.78 is 5.39. The molecular formula is C15H24N2O2. The zero-order valence-electron chi connectivity index (χ0n) is 12.2. The average Bonchev–Trinajstić information content (AvgIpc) is 2.35. The number of amides is 1. The molecule has 106 valence electrons. The second kappa shape index (κ2) is 6.68. The van der Waals surface area contributed by atoms with Gasteiger partial charge in [-0.15, -0.1) is 0 Å². The van der Waals surface area contributed by atoms with Crippen molar-refractivity contribution in [3.8, 4) is 0 Å². The Morgan fingerprint density at radius 2 is 2.00 bits per heavy atom. The molecular weight excluding hydrogens is 240 g/mol. The van der Waals surface area contributed by atoms with E-state index in [4.69, 9.17) is 10.5 Å². The first-order chi connectivity index (χ1) is 8.86.